The summed E-state index contributed by atoms with van der Waals surface area (Å²) < 4.78 is 0. The lowest BCUT2D eigenvalue weighted by atomic mass is 10.0. The number of thioether (sulfide) groups is 1. The Balaban J connectivity index is 1.77. The van der Waals surface area contributed by atoms with Crippen LogP contribution < -0.4 is 5.32 Å². The van der Waals surface area contributed by atoms with E-state index in [0.29, 0.717) is 5.54 Å². The summed E-state index contributed by atoms with van der Waals surface area (Å²) in [6.45, 7) is 2.19. The third-order valence-corrected chi connectivity index (χ3v) is 4.89. The van der Waals surface area contributed by atoms with Crippen LogP contribution in [0.25, 0.3) is 0 Å². The van der Waals surface area contributed by atoms with Crippen molar-refractivity contribution in [1.29, 1.82) is 0 Å². The van der Waals surface area contributed by atoms with Crippen LogP contribution in [0.4, 0.5) is 0 Å². The Labute approximate surface area is 102 Å². The SMILES string of the molecule is Cc1cccc(C2(NC3CCSC3)CC2)c1. The average molecular weight is 233 g/mol. The summed E-state index contributed by atoms with van der Waals surface area (Å²) in [5.74, 6) is 2.63. The second-order valence-corrected chi connectivity index (χ2v) is 6.31. The molecule has 1 saturated carbocycles. The minimum atomic E-state index is 0.335. The lowest BCUT2D eigenvalue weighted by Crippen LogP contribution is -2.38. The zero-order valence-corrected chi connectivity index (χ0v) is 10.6. The summed E-state index contributed by atoms with van der Waals surface area (Å²) in [5, 5.41) is 3.89. The molecule has 1 atom stereocenters. The fourth-order valence-corrected chi connectivity index (χ4v) is 3.78. The summed E-state index contributed by atoms with van der Waals surface area (Å²) in [6, 6.07) is 9.76. The molecule has 2 fully saturated rings. The van der Waals surface area contributed by atoms with Gasteiger partial charge in [0.05, 0.1) is 0 Å². The van der Waals surface area contributed by atoms with Crippen molar-refractivity contribution in [1.82, 2.24) is 5.32 Å². The van der Waals surface area contributed by atoms with Gasteiger partial charge in [-0.1, -0.05) is 29.8 Å². The molecule has 1 aliphatic carbocycles. The molecule has 3 rings (SSSR count). The molecule has 0 radical (unpaired) electrons. The number of benzene rings is 1. The number of hydrogen-bond acceptors (Lipinski definition) is 2. The maximum Gasteiger partial charge on any atom is 0.0438 e. The van der Waals surface area contributed by atoms with Crippen LogP contribution in [-0.4, -0.2) is 17.5 Å². The van der Waals surface area contributed by atoms with E-state index in [4.69, 9.17) is 0 Å². The van der Waals surface area contributed by atoms with Gasteiger partial charge in [-0.2, -0.15) is 11.8 Å². The first-order chi connectivity index (χ1) is 7.78. The van der Waals surface area contributed by atoms with E-state index in [1.165, 1.54) is 41.9 Å². The van der Waals surface area contributed by atoms with Crippen LogP contribution in [0.2, 0.25) is 0 Å². The molecule has 1 saturated heterocycles. The zero-order chi connectivity index (χ0) is 11.0. The van der Waals surface area contributed by atoms with Gasteiger partial charge in [-0.05, 0) is 37.5 Å². The van der Waals surface area contributed by atoms with Gasteiger partial charge in [0.2, 0.25) is 0 Å². The normalized spacial score (nSPS) is 26.9. The monoisotopic (exact) mass is 233 g/mol. The van der Waals surface area contributed by atoms with Gasteiger partial charge >= 0.3 is 0 Å². The van der Waals surface area contributed by atoms with Crippen LogP contribution in [0.3, 0.4) is 0 Å². The van der Waals surface area contributed by atoms with Crippen molar-refractivity contribution in [2.75, 3.05) is 11.5 Å². The third-order valence-electron chi connectivity index (χ3n) is 3.73. The smallest absolute Gasteiger partial charge is 0.0438 e. The Bertz CT molecular complexity index is 378. The molecule has 1 aliphatic heterocycles. The lowest BCUT2D eigenvalue weighted by Gasteiger charge is -2.22. The Morgan fingerprint density at radius 1 is 1.38 bits per heavy atom. The van der Waals surface area contributed by atoms with Crippen LogP contribution >= 0.6 is 11.8 Å². The van der Waals surface area contributed by atoms with E-state index < -0.39 is 0 Å². The Morgan fingerprint density at radius 2 is 2.25 bits per heavy atom. The first-order valence-corrected chi connectivity index (χ1v) is 7.37. The van der Waals surface area contributed by atoms with E-state index in [-0.39, 0.29) is 0 Å². The van der Waals surface area contributed by atoms with Crippen LogP contribution in [0.15, 0.2) is 24.3 Å². The van der Waals surface area contributed by atoms with Gasteiger partial charge in [-0.3, -0.25) is 0 Å². The Kier molecular flexibility index (Phi) is 2.72. The van der Waals surface area contributed by atoms with Gasteiger partial charge in [-0.25, -0.2) is 0 Å². The van der Waals surface area contributed by atoms with Crippen molar-refractivity contribution < 1.29 is 0 Å². The van der Waals surface area contributed by atoms with Crippen LogP contribution in [0.1, 0.15) is 30.4 Å². The highest BCUT2D eigenvalue weighted by molar-refractivity contribution is 7.99. The molecule has 0 bridgehead atoms. The van der Waals surface area contributed by atoms with Gasteiger partial charge < -0.3 is 5.32 Å². The minimum absolute atomic E-state index is 0.335. The van der Waals surface area contributed by atoms with Crippen molar-refractivity contribution in [2.24, 2.45) is 0 Å². The molecule has 1 heterocycles. The summed E-state index contributed by atoms with van der Waals surface area (Å²) in [5.41, 5.74) is 3.22. The van der Waals surface area contributed by atoms with Gasteiger partial charge in [0.25, 0.3) is 0 Å². The van der Waals surface area contributed by atoms with Crippen molar-refractivity contribution in [3.8, 4) is 0 Å². The standard InChI is InChI=1S/C14H19NS/c1-11-3-2-4-12(9-11)14(6-7-14)15-13-5-8-16-10-13/h2-4,9,13,15H,5-8,10H2,1H3. The quantitative estimate of drug-likeness (QED) is 0.861. The predicted octanol–water partition coefficient (Wildman–Crippen LogP) is 3.08. The molecule has 2 heteroatoms. The zero-order valence-electron chi connectivity index (χ0n) is 9.83. The van der Waals surface area contributed by atoms with E-state index in [0.717, 1.165) is 6.04 Å². The molecule has 1 aromatic rings. The molecule has 1 nitrogen and oxygen atoms in total. The number of nitrogens with one attached hydrogen (secondary N) is 1. The van der Waals surface area contributed by atoms with E-state index >= 15 is 0 Å². The second kappa shape index (κ2) is 4.08. The van der Waals surface area contributed by atoms with E-state index in [1.807, 2.05) is 0 Å². The topological polar surface area (TPSA) is 12.0 Å². The van der Waals surface area contributed by atoms with Crippen LogP contribution in [0, 0.1) is 6.92 Å². The first kappa shape index (κ1) is 10.7. The number of aryl methyl sites for hydroxylation is 1. The molecule has 86 valence electrons. The van der Waals surface area contributed by atoms with Crippen molar-refractivity contribution in [3.63, 3.8) is 0 Å². The molecule has 1 unspecified atom stereocenters. The van der Waals surface area contributed by atoms with E-state index in [1.54, 1.807) is 0 Å². The molecule has 2 aliphatic rings. The fourth-order valence-electron chi connectivity index (χ4n) is 2.62. The summed E-state index contributed by atoms with van der Waals surface area (Å²) in [4.78, 5) is 0. The second-order valence-electron chi connectivity index (χ2n) is 5.16. The molecular weight excluding hydrogens is 214 g/mol. The van der Waals surface area contributed by atoms with Gasteiger partial charge in [0.15, 0.2) is 0 Å². The molecule has 0 aromatic heterocycles. The number of rotatable bonds is 3. The third kappa shape index (κ3) is 2.01. The summed E-state index contributed by atoms with van der Waals surface area (Å²) >= 11 is 2.09. The fraction of sp³-hybridized carbons (Fsp3) is 0.571. The molecule has 1 aromatic carbocycles. The van der Waals surface area contributed by atoms with E-state index in [2.05, 4.69) is 48.3 Å². The van der Waals surface area contributed by atoms with Crippen molar-refractivity contribution >= 4 is 11.8 Å². The van der Waals surface area contributed by atoms with Crippen molar-refractivity contribution in [3.05, 3.63) is 35.4 Å². The Morgan fingerprint density at radius 3 is 2.88 bits per heavy atom. The highest BCUT2D eigenvalue weighted by Gasteiger charge is 2.45. The van der Waals surface area contributed by atoms with E-state index in [9.17, 15) is 0 Å². The summed E-state index contributed by atoms with van der Waals surface area (Å²) in [7, 11) is 0. The highest BCUT2D eigenvalue weighted by Crippen LogP contribution is 2.46. The van der Waals surface area contributed by atoms with Crippen LogP contribution in [0.5, 0.6) is 0 Å². The maximum atomic E-state index is 3.89. The lowest BCUT2D eigenvalue weighted by molar-refractivity contribution is 0.445. The average Bonchev–Trinajstić information content (AvgIpc) is 2.87. The van der Waals surface area contributed by atoms with Gasteiger partial charge in [0.1, 0.15) is 0 Å². The maximum absolute atomic E-state index is 3.89. The van der Waals surface area contributed by atoms with Crippen molar-refractivity contribution in [2.45, 2.75) is 37.8 Å². The molecule has 1 N–H and O–H groups in total. The minimum Gasteiger partial charge on any atom is -0.304 e. The number of hydrogen-bond donors (Lipinski definition) is 1. The van der Waals surface area contributed by atoms with Crippen LogP contribution in [-0.2, 0) is 5.54 Å². The molecule has 16 heavy (non-hydrogen) atoms. The largest absolute Gasteiger partial charge is 0.304 e. The van der Waals surface area contributed by atoms with Gasteiger partial charge in [0, 0.05) is 17.3 Å². The molecular formula is C14H19NS. The molecule has 0 amide bonds. The Hall–Kier alpha value is -0.470. The highest BCUT2D eigenvalue weighted by atomic mass is 32.2. The predicted molar refractivity (Wildman–Crippen MR) is 71.0 cm³/mol. The molecule has 0 spiro atoms. The first-order valence-electron chi connectivity index (χ1n) is 6.21. The summed E-state index contributed by atoms with van der Waals surface area (Å²) in [6.07, 6.45) is 3.98. The van der Waals surface area contributed by atoms with Gasteiger partial charge in [-0.15, -0.1) is 0 Å².